The lowest BCUT2D eigenvalue weighted by molar-refractivity contribution is 0.695. The van der Waals surface area contributed by atoms with Crippen molar-refractivity contribution in [3.63, 3.8) is 0 Å². The fourth-order valence-corrected chi connectivity index (χ4v) is 2.08. The zero-order chi connectivity index (χ0) is 13.0. The SMILES string of the molecule is CC1=NNc2nc3c(c(=O)[nH]c(=O)n3C)n2[C@@H]1C. The number of nitrogens with one attached hydrogen (secondary N) is 2. The molecular weight excluding hydrogens is 236 g/mol. The molecule has 8 nitrogen and oxygen atoms in total. The third-order valence-corrected chi connectivity index (χ3v) is 3.27. The third kappa shape index (κ3) is 1.19. The molecule has 0 fully saturated rings. The molecule has 0 saturated carbocycles. The molecule has 94 valence electrons. The first kappa shape index (κ1) is 10.8. The van der Waals surface area contributed by atoms with E-state index in [1.54, 1.807) is 11.6 Å². The Bertz CT molecular complexity index is 793. The summed E-state index contributed by atoms with van der Waals surface area (Å²) in [4.78, 5) is 30.0. The number of hydrazone groups is 1. The van der Waals surface area contributed by atoms with E-state index in [2.05, 4.69) is 20.5 Å². The first-order valence-electron chi connectivity index (χ1n) is 5.52. The molecule has 0 aromatic carbocycles. The topological polar surface area (TPSA) is 97.1 Å². The number of hydrogen-bond acceptors (Lipinski definition) is 5. The smallest absolute Gasteiger partial charge is 0.294 e. The van der Waals surface area contributed by atoms with Crippen LogP contribution in [-0.4, -0.2) is 24.8 Å². The normalized spacial score (nSPS) is 18.4. The van der Waals surface area contributed by atoms with Crippen LogP contribution in [0.4, 0.5) is 5.95 Å². The van der Waals surface area contributed by atoms with E-state index in [0.717, 1.165) is 5.71 Å². The second-order valence-corrected chi connectivity index (χ2v) is 4.34. The van der Waals surface area contributed by atoms with Crippen LogP contribution in [0.2, 0.25) is 0 Å². The van der Waals surface area contributed by atoms with Crippen LogP contribution in [0.15, 0.2) is 14.7 Å². The van der Waals surface area contributed by atoms with Crippen LogP contribution in [0.3, 0.4) is 0 Å². The third-order valence-electron chi connectivity index (χ3n) is 3.27. The van der Waals surface area contributed by atoms with Crippen LogP contribution in [-0.2, 0) is 7.05 Å². The van der Waals surface area contributed by atoms with E-state index >= 15 is 0 Å². The predicted octanol–water partition coefficient (Wildman–Crippen LogP) is -0.214. The van der Waals surface area contributed by atoms with Crippen molar-refractivity contribution in [1.29, 1.82) is 0 Å². The van der Waals surface area contributed by atoms with Gasteiger partial charge in [0.15, 0.2) is 11.2 Å². The number of hydrogen-bond donors (Lipinski definition) is 2. The van der Waals surface area contributed by atoms with Crippen LogP contribution in [0.5, 0.6) is 0 Å². The summed E-state index contributed by atoms with van der Waals surface area (Å²) in [5.41, 5.74) is 3.43. The van der Waals surface area contributed by atoms with Gasteiger partial charge in [-0.2, -0.15) is 10.1 Å². The minimum Gasteiger partial charge on any atom is -0.294 e. The molecule has 3 heterocycles. The first-order valence-corrected chi connectivity index (χ1v) is 5.52. The first-order chi connectivity index (χ1) is 8.50. The highest BCUT2D eigenvalue weighted by Crippen LogP contribution is 2.25. The highest BCUT2D eigenvalue weighted by Gasteiger charge is 2.24. The molecule has 0 saturated heterocycles. The van der Waals surface area contributed by atoms with Gasteiger partial charge < -0.3 is 0 Å². The van der Waals surface area contributed by atoms with Gasteiger partial charge in [-0.25, -0.2) is 10.2 Å². The van der Waals surface area contributed by atoms with Crippen molar-refractivity contribution in [2.45, 2.75) is 19.9 Å². The van der Waals surface area contributed by atoms with Crippen molar-refractivity contribution in [1.82, 2.24) is 19.1 Å². The van der Waals surface area contributed by atoms with Gasteiger partial charge in [-0.1, -0.05) is 0 Å². The maximum atomic E-state index is 11.9. The summed E-state index contributed by atoms with van der Waals surface area (Å²) in [6.45, 7) is 3.79. The maximum Gasteiger partial charge on any atom is 0.329 e. The molecule has 2 aromatic heterocycles. The van der Waals surface area contributed by atoms with E-state index in [-0.39, 0.29) is 6.04 Å². The maximum absolute atomic E-state index is 11.9. The Morgan fingerprint density at radius 3 is 2.78 bits per heavy atom. The Balaban J connectivity index is 2.49. The van der Waals surface area contributed by atoms with Crippen molar-refractivity contribution in [2.24, 2.45) is 12.1 Å². The minimum absolute atomic E-state index is 0.0788. The number of aryl methyl sites for hydroxylation is 1. The summed E-state index contributed by atoms with van der Waals surface area (Å²) >= 11 is 0. The molecule has 1 atom stereocenters. The Kier molecular flexibility index (Phi) is 1.98. The molecule has 3 rings (SSSR count). The molecule has 0 spiro atoms. The lowest BCUT2D eigenvalue weighted by Gasteiger charge is -2.20. The number of anilines is 1. The number of H-pyrrole nitrogens is 1. The van der Waals surface area contributed by atoms with Gasteiger partial charge in [-0.15, -0.1) is 0 Å². The van der Waals surface area contributed by atoms with E-state index in [1.807, 2.05) is 13.8 Å². The predicted molar refractivity (Wildman–Crippen MR) is 67.0 cm³/mol. The highest BCUT2D eigenvalue weighted by atomic mass is 16.2. The molecular formula is C10H12N6O2. The minimum atomic E-state index is -0.478. The zero-order valence-electron chi connectivity index (χ0n) is 10.2. The Morgan fingerprint density at radius 1 is 1.33 bits per heavy atom. The molecule has 0 aliphatic carbocycles. The molecule has 0 amide bonds. The lowest BCUT2D eigenvalue weighted by atomic mass is 10.2. The van der Waals surface area contributed by atoms with Crippen LogP contribution in [0.25, 0.3) is 11.2 Å². The number of nitrogens with zero attached hydrogens (tertiary/aromatic N) is 4. The van der Waals surface area contributed by atoms with E-state index < -0.39 is 11.2 Å². The molecule has 1 aliphatic heterocycles. The Morgan fingerprint density at radius 2 is 2.06 bits per heavy atom. The molecule has 2 N–H and O–H groups in total. The number of rotatable bonds is 0. The summed E-state index contributed by atoms with van der Waals surface area (Å²) in [5, 5.41) is 4.11. The van der Waals surface area contributed by atoms with Gasteiger partial charge >= 0.3 is 5.69 Å². The van der Waals surface area contributed by atoms with Gasteiger partial charge in [-0.05, 0) is 13.8 Å². The van der Waals surface area contributed by atoms with Crippen molar-refractivity contribution in [2.75, 3.05) is 5.43 Å². The molecule has 0 bridgehead atoms. The molecule has 18 heavy (non-hydrogen) atoms. The summed E-state index contributed by atoms with van der Waals surface area (Å²) in [6, 6.07) is -0.0788. The van der Waals surface area contributed by atoms with Crippen LogP contribution in [0.1, 0.15) is 19.9 Å². The van der Waals surface area contributed by atoms with Gasteiger partial charge in [0.25, 0.3) is 5.56 Å². The molecule has 2 aromatic rings. The number of aromatic amines is 1. The van der Waals surface area contributed by atoms with Gasteiger partial charge in [0.2, 0.25) is 5.95 Å². The van der Waals surface area contributed by atoms with Gasteiger partial charge in [0.1, 0.15) is 0 Å². The number of imidazole rings is 1. The second kappa shape index (κ2) is 3.31. The molecule has 1 aliphatic rings. The molecule has 8 heteroatoms. The summed E-state index contributed by atoms with van der Waals surface area (Å²) < 4.78 is 3.06. The summed E-state index contributed by atoms with van der Waals surface area (Å²) in [6.07, 6.45) is 0. The fraction of sp³-hybridized carbons (Fsp3) is 0.400. The van der Waals surface area contributed by atoms with Gasteiger partial charge in [0, 0.05) is 7.05 Å². The average Bonchev–Trinajstić information content (AvgIpc) is 2.72. The zero-order valence-corrected chi connectivity index (χ0v) is 10.2. The second-order valence-electron chi connectivity index (χ2n) is 4.34. The highest BCUT2D eigenvalue weighted by molar-refractivity contribution is 5.90. The summed E-state index contributed by atoms with van der Waals surface area (Å²) in [7, 11) is 1.57. The van der Waals surface area contributed by atoms with Gasteiger partial charge in [-0.3, -0.25) is 18.9 Å². The van der Waals surface area contributed by atoms with Gasteiger partial charge in [0.05, 0.1) is 11.8 Å². The van der Waals surface area contributed by atoms with Crippen molar-refractivity contribution >= 4 is 22.8 Å². The Labute approximate surface area is 101 Å². The van der Waals surface area contributed by atoms with Crippen molar-refractivity contribution < 1.29 is 0 Å². The van der Waals surface area contributed by atoms with Crippen LogP contribution in [0, 0.1) is 0 Å². The van der Waals surface area contributed by atoms with E-state index in [4.69, 9.17) is 0 Å². The van der Waals surface area contributed by atoms with E-state index in [0.29, 0.717) is 17.1 Å². The monoisotopic (exact) mass is 248 g/mol. The van der Waals surface area contributed by atoms with Crippen molar-refractivity contribution in [3.05, 3.63) is 20.8 Å². The standard InChI is InChI=1S/C10H12N6O2/c1-4-5(2)16-6-7(11-9(16)14-13-4)15(3)10(18)12-8(6)17/h5H,1-3H3,(H,11,14)(H,12,17,18)/t5-/m1/s1. The fourth-order valence-electron chi connectivity index (χ4n) is 2.08. The van der Waals surface area contributed by atoms with Crippen molar-refractivity contribution in [3.8, 4) is 0 Å². The Hall–Kier alpha value is -2.38. The lowest BCUT2D eigenvalue weighted by Crippen LogP contribution is -2.30. The van der Waals surface area contributed by atoms with Crippen LogP contribution >= 0.6 is 0 Å². The molecule has 0 radical (unpaired) electrons. The molecule has 0 unspecified atom stereocenters. The van der Waals surface area contributed by atoms with E-state index in [9.17, 15) is 9.59 Å². The quantitative estimate of drug-likeness (QED) is 0.673. The van der Waals surface area contributed by atoms with E-state index in [1.165, 1.54) is 4.57 Å². The van der Waals surface area contributed by atoms with Crippen LogP contribution < -0.4 is 16.7 Å². The largest absolute Gasteiger partial charge is 0.329 e. The average molecular weight is 248 g/mol. The number of fused-ring (bicyclic) bond motifs is 3. The summed E-state index contributed by atoms with van der Waals surface area (Å²) in [5.74, 6) is 0.467. The number of aromatic nitrogens is 4.